The van der Waals surface area contributed by atoms with Crippen LogP contribution in [-0.4, -0.2) is 49.3 Å². The van der Waals surface area contributed by atoms with E-state index in [2.05, 4.69) is 121 Å². The molecule has 1 aliphatic heterocycles. The van der Waals surface area contributed by atoms with E-state index in [1.165, 1.54) is 125 Å². The van der Waals surface area contributed by atoms with Gasteiger partial charge in [-0.15, -0.1) is 31.7 Å². The van der Waals surface area contributed by atoms with Crippen molar-refractivity contribution in [2.45, 2.75) is 76.0 Å². The Morgan fingerprint density at radius 1 is 0.250 bits per heavy atom. The second kappa shape index (κ2) is 23.1. The van der Waals surface area contributed by atoms with E-state index in [0.29, 0.717) is 0 Å². The van der Waals surface area contributed by atoms with Crippen molar-refractivity contribution >= 4 is 31.7 Å². The molecule has 0 bridgehead atoms. The molecule has 0 saturated carbocycles. The summed E-state index contributed by atoms with van der Waals surface area (Å²) in [7, 11) is 0.319. The summed E-state index contributed by atoms with van der Waals surface area (Å²) in [6.07, 6.45) is 28.6. The summed E-state index contributed by atoms with van der Waals surface area (Å²) in [5.41, 5.74) is 6.29. The molecule has 1 heterocycles. The highest BCUT2D eigenvalue weighted by molar-refractivity contribution is 7.58. The van der Waals surface area contributed by atoms with Crippen LogP contribution in [0, 0.1) is 0 Å². The Bertz CT molecular complexity index is 1110. The lowest BCUT2D eigenvalue weighted by molar-refractivity contribution is 0.847. The van der Waals surface area contributed by atoms with E-state index >= 15 is 0 Å². The molecule has 0 N–H and O–H groups in total. The second-order valence-corrected chi connectivity index (χ2v) is 24.1. The molecule has 0 radical (unpaired) electrons. The first-order chi connectivity index (χ1) is 23.8. The fraction of sp³-hybridized carbons (Fsp3) is 0.455. The van der Waals surface area contributed by atoms with E-state index in [1.54, 1.807) is 22.3 Å². The standard InChI is InChI=1S/C44H60P4/c1-5-21-41(22-6-1)37-45-29-13-15-31-46(38-42-23-7-2-8-24-42)33-17-19-35-48(40-44-27-11-4-12-28-44)36-20-18-34-47(32-16-14-30-45)39-43-25-9-3-10-26-43/h1-12,21-28H,13-20,29-40H2. The fourth-order valence-electron chi connectivity index (χ4n) is 7.13. The van der Waals surface area contributed by atoms with Gasteiger partial charge in [0.15, 0.2) is 0 Å². The van der Waals surface area contributed by atoms with Crippen LogP contribution >= 0.6 is 31.7 Å². The highest BCUT2D eigenvalue weighted by Gasteiger charge is 2.16. The van der Waals surface area contributed by atoms with Crippen molar-refractivity contribution < 1.29 is 0 Å². The quantitative estimate of drug-likeness (QED) is 0.160. The van der Waals surface area contributed by atoms with Crippen molar-refractivity contribution in [1.82, 2.24) is 0 Å². The van der Waals surface area contributed by atoms with Gasteiger partial charge in [0.1, 0.15) is 0 Å². The third-order valence-electron chi connectivity index (χ3n) is 9.79. The van der Waals surface area contributed by atoms with Crippen LogP contribution in [0.5, 0.6) is 0 Å². The maximum Gasteiger partial charge on any atom is -0.00731 e. The van der Waals surface area contributed by atoms with Crippen molar-refractivity contribution in [1.29, 1.82) is 0 Å². The fourth-order valence-corrected chi connectivity index (χ4v) is 17.6. The van der Waals surface area contributed by atoms with Crippen molar-refractivity contribution in [3.8, 4) is 0 Å². The molecule has 0 aliphatic carbocycles. The Morgan fingerprint density at radius 3 is 0.583 bits per heavy atom. The van der Waals surface area contributed by atoms with E-state index in [1.807, 2.05) is 0 Å². The SMILES string of the molecule is c1ccc(CP2CCCCP(Cc3ccccc3)CCCCP(Cc3ccccc3)CCCCP(Cc3ccccc3)CCCC2)cc1. The number of hydrogen-bond acceptors (Lipinski definition) is 0. The normalized spacial score (nSPS) is 22.8. The molecule has 1 aliphatic rings. The molecule has 4 heteroatoms. The van der Waals surface area contributed by atoms with Crippen molar-refractivity contribution in [2.75, 3.05) is 49.3 Å². The minimum absolute atomic E-state index is 0.0798. The van der Waals surface area contributed by atoms with Crippen LogP contribution in [-0.2, 0) is 24.6 Å². The zero-order chi connectivity index (χ0) is 32.9. The molecule has 5 rings (SSSR count). The summed E-state index contributed by atoms with van der Waals surface area (Å²) in [6.45, 7) is 0. The molecule has 4 aromatic carbocycles. The van der Waals surface area contributed by atoms with E-state index in [-0.39, 0.29) is 31.7 Å². The van der Waals surface area contributed by atoms with E-state index in [0.717, 1.165) is 0 Å². The molecule has 48 heavy (non-hydrogen) atoms. The summed E-state index contributed by atoms with van der Waals surface area (Å²) in [5.74, 6) is 0. The van der Waals surface area contributed by atoms with Crippen LogP contribution in [0.3, 0.4) is 0 Å². The van der Waals surface area contributed by atoms with Crippen LogP contribution < -0.4 is 0 Å². The van der Waals surface area contributed by atoms with Gasteiger partial charge in [-0.25, -0.2) is 0 Å². The predicted octanol–water partition coefficient (Wildman–Crippen LogP) is 13.8. The second-order valence-electron chi connectivity index (χ2n) is 13.9. The molecule has 0 nitrogen and oxygen atoms in total. The van der Waals surface area contributed by atoms with Gasteiger partial charge >= 0.3 is 0 Å². The molecular weight excluding hydrogens is 652 g/mol. The van der Waals surface area contributed by atoms with Gasteiger partial charge in [0.05, 0.1) is 0 Å². The molecule has 4 aromatic rings. The van der Waals surface area contributed by atoms with E-state index < -0.39 is 0 Å². The van der Waals surface area contributed by atoms with Gasteiger partial charge in [0.2, 0.25) is 0 Å². The van der Waals surface area contributed by atoms with E-state index in [4.69, 9.17) is 0 Å². The largest absolute Gasteiger partial charge is 0.102 e. The van der Waals surface area contributed by atoms with Gasteiger partial charge in [0, 0.05) is 0 Å². The number of rotatable bonds is 8. The molecule has 256 valence electrons. The Labute approximate surface area is 299 Å². The summed E-state index contributed by atoms with van der Waals surface area (Å²) < 4.78 is 0. The smallest absolute Gasteiger partial charge is 0.00731 e. The molecule has 0 spiro atoms. The van der Waals surface area contributed by atoms with E-state index in [9.17, 15) is 0 Å². The lowest BCUT2D eigenvalue weighted by Gasteiger charge is -2.23. The third kappa shape index (κ3) is 15.2. The zero-order valence-electron chi connectivity index (χ0n) is 29.5. The highest BCUT2D eigenvalue weighted by Crippen LogP contribution is 2.48. The molecule has 0 amide bonds. The van der Waals surface area contributed by atoms with Gasteiger partial charge in [-0.2, -0.15) is 0 Å². The van der Waals surface area contributed by atoms with Crippen molar-refractivity contribution in [3.63, 3.8) is 0 Å². The summed E-state index contributed by atoms with van der Waals surface area (Å²) >= 11 is 0. The van der Waals surface area contributed by atoms with Gasteiger partial charge in [-0.3, -0.25) is 0 Å². The third-order valence-corrected chi connectivity index (χ3v) is 20.6. The van der Waals surface area contributed by atoms with Gasteiger partial charge in [-0.1, -0.05) is 121 Å². The van der Waals surface area contributed by atoms with Crippen LogP contribution in [0.25, 0.3) is 0 Å². The van der Waals surface area contributed by atoms with Gasteiger partial charge in [0.25, 0.3) is 0 Å². The lowest BCUT2D eigenvalue weighted by atomic mass is 10.2. The average Bonchev–Trinajstić information content (AvgIpc) is 3.12. The summed E-state index contributed by atoms with van der Waals surface area (Å²) in [5, 5.41) is 0. The van der Waals surface area contributed by atoms with Crippen LogP contribution in [0.15, 0.2) is 121 Å². The predicted molar refractivity (Wildman–Crippen MR) is 224 cm³/mol. The summed E-state index contributed by atoms with van der Waals surface area (Å²) in [6, 6.07) is 45.7. The van der Waals surface area contributed by atoms with Crippen LogP contribution in [0.4, 0.5) is 0 Å². The highest BCUT2D eigenvalue weighted by atomic mass is 31.1. The number of hydrogen-bond donors (Lipinski definition) is 0. The van der Waals surface area contributed by atoms with Crippen molar-refractivity contribution in [2.24, 2.45) is 0 Å². The topological polar surface area (TPSA) is 0 Å². The van der Waals surface area contributed by atoms with Crippen molar-refractivity contribution in [3.05, 3.63) is 144 Å². The maximum absolute atomic E-state index is 2.38. The van der Waals surface area contributed by atoms with Crippen LogP contribution in [0.2, 0.25) is 0 Å². The minimum Gasteiger partial charge on any atom is -0.102 e. The molecule has 0 atom stereocenters. The Balaban J connectivity index is 1.23. The van der Waals surface area contributed by atoms with Crippen LogP contribution in [0.1, 0.15) is 73.6 Å². The Hall–Kier alpha value is -1.40. The first-order valence-electron chi connectivity index (χ1n) is 18.9. The lowest BCUT2D eigenvalue weighted by Crippen LogP contribution is -2.02. The molecule has 1 saturated heterocycles. The number of benzene rings is 4. The van der Waals surface area contributed by atoms with Gasteiger partial charge < -0.3 is 0 Å². The molecule has 0 aromatic heterocycles. The minimum atomic E-state index is 0.0798. The first-order valence-corrected chi connectivity index (χ1v) is 26.4. The average molecular weight is 713 g/mol. The summed E-state index contributed by atoms with van der Waals surface area (Å²) in [4.78, 5) is 0. The molecule has 0 unspecified atom stereocenters. The zero-order valence-corrected chi connectivity index (χ0v) is 33.1. The molecular formula is C44H60P4. The first kappa shape index (κ1) is 37.8. The maximum atomic E-state index is 2.38. The Kier molecular flexibility index (Phi) is 18.2. The molecule has 1 fully saturated rings. The Morgan fingerprint density at radius 2 is 0.417 bits per heavy atom. The monoisotopic (exact) mass is 712 g/mol. The van der Waals surface area contributed by atoms with Gasteiger partial charge in [-0.05, 0) is 148 Å².